The molecule has 0 N–H and O–H groups in total. The summed E-state index contributed by atoms with van der Waals surface area (Å²) in [6.45, 7) is 1.91. The third kappa shape index (κ3) is 2.49. The number of hydrogen-bond acceptors (Lipinski definition) is 3. The Labute approximate surface area is 121 Å². The Morgan fingerprint density at radius 2 is 2.26 bits per heavy atom. The summed E-state index contributed by atoms with van der Waals surface area (Å²) in [5.74, 6) is 0.142. The van der Waals surface area contributed by atoms with Gasteiger partial charge in [0, 0.05) is 18.1 Å². The molecule has 1 unspecified atom stereocenters. The molecule has 0 radical (unpaired) electrons. The monoisotopic (exact) mass is 324 g/mol. The maximum absolute atomic E-state index is 12.3. The Morgan fingerprint density at radius 3 is 3.00 bits per heavy atom. The van der Waals surface area contributed by atoms with Crippen LogP contribution in [0.5, 0.6) is 0 Å². The Hall–Kier alpha value is -1.07. The molecular weight excluding hydrogens is 308 g/mol. The Balaban J connectivity index is 1.92. The van der Waals surface area contributed by atoms with Gasteiger partial charge in [0.25, 0.3) is 0 Å². The van der Waals surface area contributed by atoms with Gasteiger partial charge in [0.1, 0.15) is 0 Å². The molecular formula is C14H17BrN2O2. The zero-order valence-corrected chi connectivity index (χ0v) is 12.5. The van der Waals surface area contributed by atoms with Crippen LogP contribution in [-0.4, -0.2) is 38.8 Å². The van der Waals surface area contributed by atoms with Crippen molar-refractivity contribution in [2.24, 2.45) is 0 Å². The van der Waals surface area contributed by atoms with Crippen molar-refractivity contribution >= 4 is 33.2 Å². The lowest BCUT2D eigenvalue weighted by atomic mass is 10.1. The van der Waals surface area contributed by atoms with Crippen LogP contribution in [0.3, 0.4) is 0 Å². The number of hydrogen-bond donors (Lipinski definition) is 0. The predicted molar refractivity (Wildman–Crippen MR) is 78.7 cm³/mol. The van der Waals surface area contributed by atoms with Gasteiger partial charge in [-0.05, 0) is 31.0 Å². The van der Waals surface area contributed by atoms with Crippen LogP contribution in [0.25, 0.3) is 0 Å². The fraction of sp³-hybridized carbons (Fsp3) is 0.500. The van der Waals surface area contributed by atoms with Crippen LogP contribution in [0, 0.1) is 0 Å². The number of halogens is 1. The molecule has 1 amide bonds. The van der Waals surface area contributed by atoms with Gasteiger partial charge >= 0.3 is 0 Å². The molecule has 1 aromatic carbocycles. The highest BCUT2D eigenvalue weighted by Gasteiger charge is 2.30. The van der Waals surface area contributed by atoms with E-state index in [4.69, 9.17) is 4.74 Å². The molecule has 19 heavy (non-hydrogen) atoms. The van der Waals surface area contributed by atoms with Crippen LogP contribution in [0.4, 0.5) is 11.4 Å². The highest BCUT2D eigenvalue weighted by molar-refractivity contribution is 9.10. The first-order valence-corrected chi connectivity index (χ1v) is 7.37. The quantitative estimate of drug-likeness (QED) is 0.837. The number of rotatable bonds is 2. The van der Waals surface area contributed by atoms with Gasteiger partial charge in [-0.1, -0.05) is 15.9 Å². The third-order valence-corrected chi connectivity index (χ3v) is 4.22. The zero-order valence-electron chi connectivity index (χ0n) is 10.9. The molecule has 0 spiro atoms. The molecule has 2 heterocycles. The van der Waals surface area contributed by atoms with Gasteiger partial charge < -0.3 is 14.5 Å². The second-order valence-electron chi connectivity index (χ2n) is 5.13. The minimum absolute atomic E-state index is 0.142. The summed E-state index contributed by atoms with van der Waals surface area (Å²) in [4.78, 5) is 16.1. The molecule has 1 atom stereocenters. The van der Waals surface area contributed by atoms with E-state index in [9.17, 15) is 4.79 Å². The molecule has 0 aromatic heterocycles. The zero-order chi connectivity index (χ0) is 13.4. The topological polar surface area (TPSA) is 32.8 Å². The summed E-state index contributed by atoms with van der Waals surface area (Å²) >= 11 is 3.48. The summed E-state index contributed by atoms with van der Waals surface area (Å²) in [7, 11) is 1.95. The van der Waals surface area contributed by atoms with Crippen LogP contribution >= 0.6 is 15.9 Å². The standard InChI is InChI=1S/C14H17BrN2O2/c1-16-9-14(18)17(8-11-3-2-6-19-11)13-7-10(15)4-5-12(13)16/h4-5,7,11H,2-3,6,8-9H2,1H3. The maximum Gasteiger partial charge on any atom is 0.246 e. The van der Waals surface area contributed by atoms with Gasteiger partial charge in [-0.25, -0.2) is 0 Å². The first-order chi connectivity index (χ1) is 9.15. The van der Waals surface area contributed by atoms with Crippen LogP contribution < -0.4 is 9.80 Å². The van der Waals surface area contributed by atoms with Crippen molar-refractivity contribution in [3.63, 3.8) is 0 Å². The summed E-state index contributed by atoms with van der Waals surface area (Å²) in [5, 5.41) is 0. The van der Waals surface area contributed by atoms with Crippen molar-refractivity contribution < 1.29 is 9.53 Å². The third-order valence-electron chi connectivity index (χ3n) is 3.72. The number of anilines is 2. The van der Waals surface area contributed by atoms with Crippen molar-refractivity contribution in [3.05, 3.63) is 22.7 Å². The molecule has 4 nitrogen and oxygen atoms in total. The van der Waals surface area contributed by atoms with Crippen molar-refractivity contribution in [3.8, 4) is 0 Å². The second kappa shape index (κ2) is 5.13. The molecule has 0 bridgehead atoms. The van der Waals surface area contributed by atoms with Gasteiger partial charge in [-0.3, -0.25) is 4.79 Å². The van der Waals surface area contributed by atoms with Gasteiger partial charge in [0.15, 0.2) is 0 Å². The molecule has 0 saturated carbocycles. The van der Waals surface area contributed by atoms with Gasteiger partial charge in [0.2, 0.25) is 5.91 Å². The molecule has 102 valence electrons. The molecule has 1 saturated heterocycles. The number of carbonyl (C=O) groups is 1. The van der Waals surface area contributed by atoms with E-state index >= 15 is 0 Å². The van der Waals surface area contributed by atoms with Crippen molar-refractivity contribution in [1.29, 1.82) is 0 Å². The molecule has 2 aliphatic heterocycles. The number of amides is 1. The second-order valence-corrected chi connectivity index (χ2v) is 6.04. The van der Waals surface area contributed by atoms with Gasteiger partial charge in [-0.2, -0.15) is 0 Å². The van der Waals surface area contributed by atoms with Gasteiger partial charge in [-0.15, -0.1) is 0 Å². The average molecular weight is 325 g/mol. The van der Waals surface area contributed by atoms with Crippen LogP contribution in [0.1, 0.15) is 12.8 Å². The number of benzene rings is 1. The Kier molecular flexibility index (Phi) is 3.50. The fourth-order valence-electron chi connectivity index (χ4n) is 2.74. The number of fused-ring (bicyclic) bond motifs is 1. The lowest BCUT2D eigenvalue weighted by Gasteiger charge is -2.36. The highest BCUT2D eigenvalue weighted by Crippen LogP contribution is 2.35. The van der Waals surface area contributed by atoms with E-state index in [1.54, 1.807) is 0 Å². The molecule has 5 heteroatoms. The lowest BCUT2D eigenvalue weighted by molar-refractivity contribution is -0.117. The summed E-state index contributed by atoms with van der Waals surface area (Å²) < 4.78 is 6.65. The fourth-order valence-corrected chi connectivity index (χ4v) is 3.08. The highest BCUT2D eigenvalue weighted by atomic mass is 79.9. The van der Waals surface area contributed by atoms with E-state index < -0.39 is 0 Å². The van der Waals surface area contributed by atoms with E-state index in [0.717, 1.165) is 35.3 Å². The van der Waals surface area contributed by atoms with Crippen molar-refractivity contribution in [1.82, 2.24) is 0 Å². The molecule has 1 fully saturated rings. The smallest absolute Gasteiger partial charge is 0.246 e. The number of nitrogens with zero attached hydrogens (tertiary/aromatic N) is 2. The first-order valence-electron chi connectivity index (χ1n) is 6.58. The average Bonchev–Trinajstić information content (AvgIpc) is 2.87. The van der Waals surface area contributed by atoms with E-state index in [1.165, 1.54) is 0 Å². The number of ether oxygens (including phenoxy) is 1. The summed E-state index contributed by atoms with van der Waals surface area (Å²) in [6.07, 6.45) is 2.32. The van der Waals surface area contributed by atoms with E-state index in [0.29, 0.717) is 13.1 Å². The number of carbonyl (C=O) groups excluding carboxylic acids is 1. The normalized spacial score (nSPS) is 22.8. The minimum Gasteiger partial charge on any atom is -0.376 e. The van der Waals surface area contributed by atoms with Gasteiger partial charge in [0.05, 0.1) is 30.6 Å². The Morgan fingerprint density at radius 1 is 1.42 bits per heavy atom. The molecule has 3 rings (SSSR count). The van der Waals surface area contributed by atoms with E-state index in [1.807, 2.05) is 35.0 Å². The minimum atomic E-state index is 0.142. The molecule has 2 aliphatic rings. The van der Waals surface area contributed by atoms with Crippen molar-refractivity contribution in [2.75, 3.05) is 36.5 Å². The molecule has 0 aliphatic carbocycles. The van der Waals surface area contributed by atoms with Crippen LogP contribution in [0.2, 0.25) is 0 Å². The predicted octanol–water partition coefficient (Wildman–Crippen LogP) is 2.41. The SMILES string of the molecule is CN1CC(=O)N(CC2CCCO2)c2cc(Br)ccc21. The number of likely N-dealkylation sites (N-methyl/N-ethyl adjacent to an activating group) is 1. The van der Waals surface area contributed by atoms with Crippen LogP contribution in [-0.2, 0) is 9.53 Å². The summed E-state index contributed by atoms with van der Waals surface area (Å²) in [6, 6.07) is 6.07. The van der Waals surface area contributed by atoms with E-state index in [2.05, 4.69) is 15.9 Å². The van der Waals surface area contributed by atoms with Crippen molar-refractivity contribution in [2.45, 2.75) is 18.9 Å². The maximum atomic E-state index is 12.3. The van der Waals surface area contributed by atoms with E-state index in [-0.39, 0.29) is 12.0 Å². The Bertz CT molecular complexity index is 500. The lowest BCUT2D eigenvalue weighted by Crippen LogP contribution is -2.47. The summed E-state index contributed by atoms with van der Waals surface area (Å²) in [5.41, 5.74) is 2.07. The first kappa shape index (κ1) is 12.9. The van der Waals surface area contributed by atoms with Crippen LogP contribution in [0.15, 0.2) is 22.7 Å². The largest absolute Gasteiger partial charge is 0.376 e. The molecule has 1 aromatic rings.